The zero-order valence-corrected chi connectivity index (χ0v) is 12.3. The van der Waals surface area contributed by atoms with E-state index < -0.39 is 5.60 Å². The van der Waals surface area contributed by atoms with Crippen LogP contribution in [0.3, 0.4) is 0 Å². The van der Waals surface area contributed by atoms with Gasteiger partial charge in [-0.25, -0.2) is 9.97 Å². The van der Waals surface area contributed by atoms with Crippen LogP contribution in [0.15, 0.2) is 5.03 Å². The SMILES string of the molecule is CSc1nc(C)nc(C)c1C(=O)NCC1(O)CCC1. The monoisotopic (exact) mass is 281 g/mol. The third-order valence-electron chi connectivity index (χ3n) is 3.45. The molecule has 2 rings (SSSR count). The quantitative estimate of drug-likeness (QED) is 0.645. The zero-order valence-electron chi connectivity index (χ0n) is 11.5. The summed E-state index contributed by atoms with van der Waals surface area (Å²) in [4.78, 5) is 20.7. The molecule has 0 saturated heterocycles. The molecule has 1 heterocycles. The summed E-state index contributed by atoms with van der Waals surface area (Å²) >= 11 is 1.43. The molecule has 1 aliphatic carbocycles. The largest absolute Gasteiger partial charge is 0.388 e. The summed E-state index contributed by atoms with van der Waals surface area (Å²) in [5.74, 6) is 0.457. The van der Waals surface area contributed by atoms with E-state index in [0.717, 1.165) is 19.3 Å². The molecule has 0 aliphatic heterocycles. The Morgan fingerprint density at radius 3 is 2.63 bits per heavy atom. The maximum Gasteiger partial charge on any atom is 0.255 e. The number of rotatable bonds is 4. The highest BCUT2D eigenvalue weighted by Gasteiger charge is 2.34. The maximum atomic E-state index is 12.2. The Bertz CT molecular complexity index is 501. The molecule has 1 fully saturated rings. The van der Waals surface area contributed by atoms with E-state index in [1.165, 1.54) is 11.8 Å². The predicted molar refractivity (Wildman–Crippen MR) is 74.4 cm³/mol. The van der Waals surface area contributed by atoms with Crippen molar-refractivity contribution in [3.63, 3.8) is 0 Å². The standard InChI is InChI=1S/C13H19N3O2S/c1-8-10(12(19-3)16-9(2)15-8)11(17)14-7-13(18)5-4-6-13/h18H,4-7H2,1-3H3,(H,14,17). The Morgan fingerprint density at radius 1 is 1.42 bits per heavy atom. The van der Waals surface area contributed by atoms with Crippen molar-refractivity contribution in [2.24, 2.45) is 0 Å². The lowest BCUT2D eigenvalue weighted by molar-refractivity contribution is -0.0300. The van der Waals surface area contributed by atoms with Crippen molar-refractivity contribution in [1.82, 2.24) is 15.3 Å². The maximum absolute atomic E-state index is 12.2. The topological polar surface area (TPSA) is 75.1 Å². The van der Waals surface area contributed by atoms with Crippen LogP contribution < -0.4 is 5.32 Å². The van der Waals surface area contributed by atoms with E-state index in [4.69, 9.17) is 0 Å². The van der Waals surface area contributed by atoms with Crippen LogP contribution in [0.25, 0.3) is 0 Å². The minimum Gasteiger partial charge on any atom is -0.388 e. The average molecular weight is 281 g/mol. The third-order valence-corrected chi connectivity index (χ3v) is 4.13. The number of nitrogens with zero attached hydrogens (tertiary/aromatic N) is 2. The molecule has 6 heteroatoms. The number of carbonyl (C=O) groups is 1. The summed E-state index contributed by atoms with van der Waals surface area (Å²) in [6.45, 7) is 3.92. The van der Waals surface area contributed by atoms with E-state index in [2.05, 4.69) is 15.3 Å². The number of aryl methyl sites for hydroxylation is 2. The smallest absolute Gasteiger partial charge is 0.255 e. The van der Waals surface area contributed by atoms with Crippen molar-refractivity contribution in [1.29, 1.82) is 0 Å². The van der Waals surface area contributed by atoms with E-state index in [1.54, 1.807) is 6.92 Å². The number of hydrogen-bond acceptors (Lipinski definition) is 5. The summed E-state index contributed by atoms with van der Waals surface area (Å²) in [5, 5.41) is 13.5. The molecule has 104 valence electrons. The minimum atomic E-state index is -0.714. The molecule has 1 aromatic rings. The van der Waals surface area contributed by atoms with Gasteiger partial charge in [-0.1, -0.05) is 0 Å². The number of carbonyl (C=O) groups excluding carboxylic acids is 1. The van der Waals surface area contributed by atoms with E-state index in [1.807, 2.05) is 13.2 Å². The molecule has 1 aromatic heterocycles. The highest BCUT2D eigenvalue weighted by molar-refractivity contribution is 7.98. The normalized spacial score (nSPS) is 16.8. The van der Waals surface area contributed by atoms with Gasteiger partial charge in [0.2, 0.25) is 0 Å². The summed E-state index contributed by atoms with van der Waals surface area (Å²) < 4.78 is 0. The molecule has 0 radical (unpaired) electrons. The first-order chi connectivity index (χ1) is 8.95. The molecule has 0 spiro atoms. The van der Waals surface area contributed by atoms with Gasteiger partial charge < -0.3 is 10.4 Å². The summed E-state index contributed by atoms with van der Waals surface area (Å²) in [7, 11) is 0. The molecule has 5 nitrogen and oxygen atoms in total. The number of aliphatic hydroxyl groups is 1. The lowest BCUT2D eigenvalue weighted by atomic mass is 9.80. The van der Waals surface area contributed by atoms with Crippen molar-refractivity contribution < 1.29 is 9.90 Å². The molecule has 19 heavy (non-hydrogen) atoms. The minimum absolute atomic E-state index is 0.206. The molecule has 1 saturated carbocycles. The lowest BCUT2D eigenvalue weighted by Gasteiger charge is -2.36. The Balaban J connectivity index is 2.14. The molecule has 2 N–H and O–H groups in total. The molecule has 1 amide bonds. The van der Waals surface area contributed by atoms with Crippen molar-refractivity contribution >= 4 is 17.7 Å². The van der Waals surface area contributed by atoms with Gasteiger partial charge >= 0.3 is 0 Å². The number of aromatic nitrogens is 2. The van der Waals surface area contributed by atoms with E-state index in [9.17, 15) is 9.90 Å². The zero-order chi connectivity index (χ0) is 14.0. The highest BCUT2D eigenvalue weighted by Crippen LogP contribution is 2.30. The number of thioether (sulfide) groups is 1. The van der Waals surface area contributed by atoms with Gasteiger partial charge in [0, 0.05) is 6.54 Å². The highest BCUT2D eigenvalue weighted by atomic mass is 32.2. The first kappa shape index (κ1) is 14.3. The van der Waals surface area contributed by atoms with Crippen LogP contribution in [-0.2, 0) is 0 Å². The summed E-state index contributed by atoms with van der Waals surface area (Å²) in [6, 6.07) is 0. The van der Waals surface area contributed by atoms with Crippen LogP contribution in [-0.4, -0.2) is 39.4 Å². The van der Waals surface area contributed by atoms with Crippen LogP contribution in [0, 0.1) is 13.8 Å². The molecular formula is C13H19N3O2S. The second-order valence-corrected chi connectivity index (χ2v) is 5.80. The Labute approximate surface area is 117 Å². The first-order valence-electron chi connectivity index (χ1n) is 6.35. The van der Waals surface area contributed by atoms with Crippen molar-refractivity contribution in [3.8, 4) is 0 Å². The van der Waals surface area contributed by atoms with Crippen LogP contribution in [0.2, 0.25) is 0 Å². The van der Waals surface area contributed by atoms with Crippen LogP contribution in [0.5, 0.6) is 0 Å². The third kappa shape index (κ3) is 3.06. The Hall–Kier alpha value is -1.14. The molecule has 0 atom stereocenters. The van der Waals surface area contributed by atoms with Gasteiger partial charge in [0.25, 0.3) is 5.91 Å². The van der Waals surface area contributed by atoms with Crippen LogP contribution in [0.4, 0.5) is 0 Å². The Morgan fingerprint density at radius 2 is 2.11 bits per heavy atom. The number of nitrogens with one attached hydrogen (secondary N) is 1. The second-order valence-electron chi connectivity index (χ2n) is 5.00. The molecule has 0 bridgehead atoms. The molecular weight excluding hydrogens is 262 g/mol. The van der Waals surface area contributed by atoms with Crippen LogP contribution >= 0.6 is 11.8 Å². The average Bonchev–Trinajstić information content (AvgIpc) is 2.32. The van der Waals surface area contributed by atoms with Gasteiger partial charge in [0.05, 0.1) is 16.9 Å². The van der Waals surface area contributed by atoms with E-state index in [0.29, 0.717) is 28.7 Å². The fourth-order valence-electron chi connectivity index (χ4n) is 2.19. The van der Waals surface area contributed by atoms with Crippen molar-refractivity contribution in [2.75, 3.05) is 12.8 Å². The molecule has 0 aromatic carbocycles. The first-order valence-corrected chi connectivity index (χ1v) is 7.57. The van der Waals surface area contributed by atoms with Gasteiger partial charge in [-0.2, -0.15) is 0 Å². The van der Waals surface area contributed by atoms with Crippen molar-refractivity contribution in [3.05, 3.63) is 17.1 Å². The molecule has 0 unspecified atom stereocenters. The fourth-order valence-corrected chi connectivity index (χ4v) is 2.85. The van der Waals surface area contributed by atoms with Crippen LogP contribution in [0.1, 0.15) is 41.1 Å². The number of hydrogen-bond donors (Lipinski definition) is 2. The summed E-state index contributed by atoms with van der Waals surface area (Å²) in [5.41, 5.74) is 0.477. The van der Waals surface area contributed by atoms with Gasteiger partial charge in [-0.15, -0.1) is 11.8 Å². The Kier molecular flexibility index (Phi) is 4.10. The second kappa shape index (κ2) is 5.46. The van der Waals surface area contributed by atoms with E-state index >= 15 is 0 Å². The fraction of sp³-hybridized carbons (Fsp3) is 0.615. The van der Waals surface area contributed by atoms with Crippen molar-refractivity contribution in [2.45, 2.75) is 43.7 Å². The molecule has 1 aliphatic rings. The van der Waals surface area contributed by atoms with E-state index in [-0.39, 0.29) is 5.91 Å². The number of amides is 1. The predicted octanol–water partition coefficient (Wildman–Crippen LogP) is 1.46. The van der Waals surface area contributed by atoms with Gasteiger partial charge in [0.1, 0.15) is 10.9 Å². The lowest BCUT2D eigenvalue weighted by Crippen LogP contribution is -2.48. The summed E-state index contributed by atoms with van der Waals surface area (Å²) in [6.07, 6.45) is 4.42. The van der Waals surface area contributed by atoms with Gasteiger partial charge in [-0.05, 0) is 39.4 Å². The van der Waals surface area contributed by atoms with Gasteiger partial charge in [-0.3, -0.25) is 4.79 Å². The van der Waals surface area contributed by atoms with Gasteiger partial charge in [0.15, 0.2) is 0 Å².